The lowest BCUT2D eigenvalue weighted by Crippen LogP contribution is -2.27. The van der Waals surface area contributed by atoms with Crippen LogP contribution in [0.1, 0.15) is 65.3 Å². The number of hydrogen-bond donors (Lipinski definition) is 0. The Kier molecular flexibility index (Phi) is 6.81. The van der Waals surface area contributed by atoms with Gasteiger partial charge in [-0.1, -0.05) is 86.1 Å². The molecule has 0 atom stereocenters. The third-order valence-electron chi connectivity index (χ3n) is 8.66. The predicted molar refractivity (Wildman–Crippen MR) is 198 cm³/mol. The van der Waals surface area contributed by atoms with Crippen LogP contribution in [-0.2, 0) is 6.42 Å². The van der Waals surface area contributed by atoms with Gasteiger partial charge in [0.2, 0.25) is 0 Å². The highest BCUT2D eigenvalue weighted by molar-refractivity contribution is 7.22. The van der Waals surface area contributed by atoms with Gasteiger partial charge in [0.05, 0.1) is 9.75 Å². The summed E-state index contributed by atoms with van der Waals surface area (Å²) in [6, 6.07) is 30.3. The van der Waals surface area contributed by atoms with Crippen LogP contribution in [0.3, 0.4) is 0 Å². The van der Waals surface area contributed by atoms with Crippen molar-refractivity contribution in [2.45, 2.75) is 39.7 Å². The average molecular weight is 629 g/mol. The summed E-state index contributed by atoms with van der Waals surface area (Å²) in [5, 5.41) is 4.90. The molecule has 0 saturated carbocycles. The van der Waals surface area contributed by atoms with Crippen LogP contribution >= 0.6 is 22.7 Å². The first-order chi connectivity index (χ1) is 22.2. The van der Waals surface area contributed by atoms with Crippen molar-refractivity contribution in [2.24, 2.45) is 5.41 Å². The van der Waals surface area contributed by atoms with Gasteiger partial charge >= 0.3 is 0 Å². The Bertz CT molecular complexity index is 2210. The summed E-state index contributed by atoms with van der Waals surface area (Å²) in [5.74, 6) is 14.5. The van der Waals surface area contributed by atoms with Gasteiger partial charge in [0.15, 0.2) is 0 Å². The normalized spacial score (nSPS) is 15.3. The number of fused-ring (bicyclic) bond motifs is 6. The highest BCUT2D eigenvalue weighted by Crippen LogP contribution is 2.38. The molecule has 2 aromatic heterocycles. The molecule has 3 heteroatoms. The van der Waals surface area contributed by atoms with E-state index in [0.717, 1.165) is 38.6 Å². The predicted octanol–water partition coefficient (Wildman–Crippen LogP) is 11.4. The van der Waals surface area contributed by atoms with Crippen molar-refractivity contribution in [2.75, 3.05) is 0 Å². The Morgan fingerprint density at radius 3 is 1.83 bits per heavy atom. The SMILES string of the molecule is CC1(C)C=Cc2c(ccc3cc(C#Cc4ccc(-c5ccc(C#Cc6ccc7c8c(ccc7c6)OC(C)(C)C=C8)s5)s4)ccc23)C1. The van der Waals surface area contributed by atoms with Crippen molar-refractivity contribution < 1.29 is 4.74 Å². The number of ether oxygens (including phenoxy) is 1. The Hall–Kier alpha value is -4.80. The standard InChI is InChI=1S/C43H32OS2/c1-42(2)23-21-37-32(27-42)10-9-30-25-28(7-16-35(30)37)5-12-33-14-19-40(45-33)41-20-15-34(46-41)13-6-29-8-17-36-31(26-29)11-18-39-38(36)22-24-43(3,4)44-39/h7-11,14-26H,27H2,1-4H3. The van der Waals surface area contributed by atoms with Crippen molar-refractivity contribution in [1.29, 1.82) is 0 Å². The molecule has 1 nitrogen and oxygen atoms in total. The molecule has 0 saturated heterocycles. The molecule has 6 aromatic rings. The molecule has 0 amide bonds. The summed E-state index contributed by atoms with van der Waals surface area (Å²) in [6.45, 7) is 8.74. The molecule has 4 aromatic carbocycles. The lowest BCUT2D eigenvalue weighted by Gasteiger charge is -2.28. The molecule has 222 valence electrons. The summed E-state index contributed by atoms with van der Waals surface area (Å²) >= 11 is 3.46. The van der Waals surface area contributed by atoms with Gasteiger partial charge in [-0.15, -0.1) is 22.7 Å². The van der Waals surface area contributed by atoms with E-state index >= 15 is 0 Å². The van der Waals surface area contributed by atoms with Crippen molar-refractivity contribution in [3.05, 3.63) is 135 Å². The van der Waals surface area contributed by atoms with E-state index in [0.29, 0.717) is 0 Å². The van der Waals surface area contributed by atoms with Crippen LogP contribution in [0.5, 0.6) is 5.75 Å². The van der Waals surface area contributed by atoms with Crippen molar-refractivity contribution in [1.82, 2.24) is 0 Å². The molecule has 0 spiro atoms. The number of hydrogen-bond acceptors (Lipinski definition) is 3. The van der Waals surface area contributed by atoms with E-state index in [1.807, 2.05) is 0 Å². The van der Waals surface area contributed by atoms with E-state index in [2.05, 4.69) is 161 Å². The second-order valence-electron chi connectivity index (χ2n) is 13.4. The van der Waals surface area contributed by atoms with Crippen LogP contribution in [0, 0.1) is 29.1 Å². The molecule has 46 heavy (non-hydrogen) atoms. The summed E-state index contributed by atoms with van der Waals surface area (Å²) in [7, 11) is 0. The summed E-state index contributed by atoms with van der Waals surface area (Å²) in [6.07, 6.45) is 10.0. The molecule has 0 radical (unpaired) electrons. The molecule has 8 rings (SSSR count). The minimum Gasteiger partial charge on any atom is -0.483 e. The molecule has 2 aliphatic rings. The minimum absolute atomic E-state index is 0.217. The third kappa shape index (κ3) is 5.59. The van der Waals surface area contributed by atoms with Gasteiger partial charge in [-0.05, 0) is 119 Å². The third-order valence-corrected chi connectivity index (χ3v) is 10.9. The number of rotatable bonds is 1. The molecule has 3 heterocycles. The van der Waals surface area contributed by atoms with Gasteiger partial charge in [0, 0.05) is 26.4 Å². The number of allylic oxidation sites excluding steroid dienone is 1. The Balaban J connectivity index is 0.983. The van der Waals surface area contributed by atoms with E-state index in [-0.39, 0.29) is 11.0 Å². The van der Waals surface area contributed by atoms with Crippen molar-refractivity contribution >= 4 is 56.4 Å². The van der Waals surface area contributed by atoms with E-state index in [4.69, 9.17) is 4.74 Å². The molecule has 1 aliphatic carbocycles. The summed E-state index contributed by atoms with van der Waals surface area (Å²) in [5.41, 5.74) is 5.90. The van der Waals surface area contributed by atoms with Gasteiger partial charge in [-0.2, -0.15) is 0 Å². The molecule has 0 N–H and O–H groups in total. The molecular weight excluding hydrogens is 597 g/mol. The van der Waals surface area contributed by atoms with Gasteiger partial charge in [0.1, 0.15) is 11.4 Å². The fraction of sp³-hybridized carbons (Fsp3) is 0.163. The first-order valence-electron chi connectivity index (χ1n) is 15.6. The number of thiophene rings is 2. The van der Waals surface area contributed by atoms with Crippen LogP contribution in [0.4, 0.5) is 0 Å². The Morgan fingerprint density at radius 1 is 0.587 bits per heavy atom. The van der Waals surface area contributed by atoms with Gasteiger partial charge in [0.25, 0.3) is 0 Å². The van der Waals surface area contributed by atoms with E-state index in [9.17, 15) is 0 Å². The maximum Gasteiger partial charge on any atom is 0.128 e. The van der Waals surface area contributed by atoms with E-state index in [1.165, 1.54) is 42.4 Å². The smallest absolute Gasteiger partial charge is 0.128 e. The zero-order valence-corrected chi connectivity index (χ0v) is 28.0. The van der Waals surface area contributed by atoms with E-state index < -0.39 is 0 Å². The average Bonchev–Trinajstić information content (AvgIpc) is 3.71. The maximum absolute atomic E-state index is 6.15. The fourth-order valence-corrected chi connectivity index (χ4v) is 8.11. The zero-order valence-electron chi connectivity index (χ0n) is 26.3. The van der Waals surface area contributed by atoms with E-state index in [1.54, 1.807) is 22.7 Å². The highest BCUT2D eigenvalue weighted by Gasteiger charge is 2.23. The van der Waals surface area contributed by atoms with Crippen LogP contribution in [0.15, 0.2) is 97.1 Å². The second kappa shape index (κ2) is 10.9. The van der Waals surface area contributed by atoms with Gasteiger partial charge in [-0.25, -0.2) is 0 Å². The molecule has 0 unspecified atom stereocenters. The lowest BCUT2D eigenvalue weighted by molar-refractivity contribution is 0.159. The van der Waals surface area contributed by atoms with Crippen LogP contribution in [-0.4, -0.2) is 5.60 Å². The van der Waals surface area contributed by atoms with Crippen molar-refractivity contribution in [3.8, 4) is 39.2 Å². The van der Waals surface area contributed by atoms with Crippen LogP contribution < -0.4 is 4.74 Å². The maximum atomic E-state index is 6.15. The fourth-order valence-electron chi connectivity index (χ4n) is 6.30. The minimum atomic E-state index is -0.280. The first-order valence-corrected chi connectivity index (χ1v) is 17.3. The highest BCUT2D eigenvalue weighted by atomic mass is 32.1. The first kappa shape index (κ1) is 28.7. The zero-order chi connectivity index (χ0) is 31.5. The summed E-state index contributed by atoms with van der Waals surface area (Å²) in [4.78, 5) is 4.55. The Morgan fingerprint density at radius 2 is 1.17 bits per heavy atom. The molecule has 0 fully saturated rings. The topological polar surface area (TPSA) is 9.23 Å². The largest absolute Gasteiger partial charge is 0.483 e. The van der Waals surface area contributed by atoms with Gasteiger partial charge in [-0.3, -0.25) is 0 Å². The van der Waals surface area contributed by atoms with Crippen molar-refractivity contribution in [3.63, 3.8) is 0 Å². The molecule has 0 bridgehead atoms. The number of benzene rings is 4. The Labute approximate surface area is 278 Å². The van der Waals surface area contributed by atoms with Crippen LogP contribution in [0.2, 0.25) is 0 Å². The van der Waals surface area contributed by atoms with Gasteiger partial charge < -0.3 is 4.74 Å². The second-order valence-corrected chi connectivity index (χ2v) is 15.5. The quantitative estimate of drug-likeness (QED) is 0.165. The molecule has 1 aliphatic heterocycles. The lowest BCUT2D eigenvalue weighted by atomic mass is 9.78. The van der Waals surface area contributed by atoms with Crippen LogP contribution in [0.25, 0.3) is 43.5 Å². The molecular formula is C43H32OS2. The monoisotopic (exact) mass is 628 g/mol. The summed E-state index contributed by atoms with van der Waals surface area (Å²) < 4.78 is 6.15.